The summed E-state index contributed by atoms with van der Waals surface area (Å²) in [7, 11) is 0. The molecule has 7 rings (SSSR count). The lowest BCUT2D eigenvalue weighted by Crippen LogP contribution is -2.20. The molecule has 1 aromatic rings. The molecule has 0 aromatic carbocycles. The molecule has 0 radical (unpaired) electrons. The topological polar surface area (TPSA) is 66.4 Å². The lowest BCUT2D eigenvalue weighted by Gasteiger charge is -2.20. The van der Waals surface area contributed by atoms with Gasteiger partial charge in [-0.2, -0.15) is 0 Å². The van der Waals surface area contributed by atoms with Crippen molar-refractivity contribution in [1.29, 1.82) is 0 Å². The number of allylic oxidation sites excluding steroid dienone is 6. The Labute approximate surface area is 195 Å². The highest BCUT2D eigenvalue weighted by molar-refractivity contribution is 5.14. The normalized spacial score (nSPS) is 40.9. The fourth-order valence-electron chi connectivity index (χ4n) is 7.32. The average Bonchev–Trinajstić information content (AvgIpc) is 3.67. The Kier molecular flexibility index (Phi) is 4.94. The summed E-state index contributed by atoms with van der Waals surface area (Å²) < 4.78 is 18.3. The third-order valence-electron chi connectivity index (χ3n) is 9.10. The SMILES string of the molecule is C1=CC2CC1CC2COc1nc(OCC2CC3C=CC2C3)nc(OCC2CC3C=CC2C3)n1. The molecule has 0 N–H and O–H groups in total. The van der Waals surface area contributed by atoms with E-state index >= 15 is 0 Å². The third kappa shape index (κ3) is 3.95. The first-order valence-electron chi connectivity index (χ1n) is 12.9. The summed E-state index contributed by atoms with van der Waals surface area (Å²) in [5.41, 5.74) is 0. The van der Waals surface area contributed by atoms with Crippen molar-refractivity contribution in [1.82, 2.24) is 15.0 Å². The largest absolute Gasteiger partial charge is 0.463 e. The predicted molar refractivity (Wildman–Crippen MR) is 123 cm³/mol. The van der Waals surface area contributed by atoms with Gasteiger partial charge in [-0.05, 0) is 91.8 Å². The van der Waals surface area contributed by atoms with E-state index in [1.165, 1.54) is 38.5 Å². The molecule has 3 fully saturated rings. The second kappa shape index (κ2) is 8.14. The molecule has 9 atom stereocenters. The van der Waals surface area contributed by atoms with Crippen molar-refractivity contribution < 1.29 is 14.2 Å². The smallest absolute Gasteiger partial charge is 0.325 e. The van der Waals surface area contributed by atoms with Crippen molar-refractivity contribution in [3.05, 3.63) is 36.5 Å². The van der Waals surface area contributed by atoms with Gasteiger partial charge >= 0.3 is 18.0 Å². The standard InChI is InChI=1S/C27H33N3O3/c1-4-19-7-16(1)10-22(19)13-31-25-28-26(32-14-23-11-17-2-5-20(23)8-17)30-27(29-25)33-15-24-12-18-3-6-21(24)9-18/h1-6,16-24H,7-15H2. The van der Waals surface area contributed by atoms with Crippen LogP contribution < -0.4 is 14.2 Å². The minimum atomic E-state index is 0.336. The molecule has 0 amide bonds. The number of hydrogen-bond donors (Lipinski definition) is 0. The van der Waals surface area contributed by atoms with Gasteiger partial charge in [0.1, 0.15) is 0 Å². The van der Waals surface area contributed by atoms with E-state index in [2.05, 4.69) is 51.4 Å². The van der Waals surface area contributed by atoms with Crippen LogP contribution in [0.25, 0.3) is 0 Å². The van der Waals surface area contributed by atoms with Crippen molar-refractivity contribution in [2.45, 2.75) is 38.5 Å². The summed E-state index contributed by atoms with van der Waals surface area (Å²) in [5.74, 6) is 5.75. The van der Waals surface area contributed by atoms with Crippen molar-refractivity contribution >= 4 is 0 Å². The van der Waals surface area contributed by atoms with E-state index in [4.69, 9.17) is 14.2 Å². The van der Waals surface area contributed by atoms with Gasteiger partial charge in [0.2, 0.25) is 0 Å². The summed E-state index contributed by atoms with van der Waals surface area (Å²) in [6.07, 6.45) is 21.5. The lowest BCUT2D eigenvalue weighted by molar-refractivity contribution is 0.173. The molecular weight excluding hydrogens is 414 g/mol. The van der Waals surface area contributed by atoms with Crippen molar-refractivity contribution in [2.75, 3.05) is 19.8 Å². The van der Waals surface area contributed by atoms with Crippen LogP contribution in [0.2, 0.25) is 0 Å². The second-order valence-electron chi connectivity index (χ2n) is 11.2. The molecule has 3 saturated carbocycles. The Bertz CT molecular complexity index is 855. The summed E-state index contributed by atoms with van der Waals surface area (Å²) in [4.78, 5) is 13.5. The van der Waals surface area contributed by atoms with Crippen molar-refractivity contribution in [2.24, 2.45) is 53.3 Å². The van der Waals surface area contributed by atoms with Crippen LogP contribution in [0.3, 0.4) is 0 Å². The Hall–Kier alpha value is -2.37. The van der Waals surface area contributed by atoms with E-state index in [0.29, 0.717) is 73.4 Å². The molecule has 6 nitrogen and oxygen atoms in total. The van der Waals surface area contributed by atoms with Gasteiger partial charge in [0, 0.05) is 0 Å². The van der Waals surface area contributed by atoms with Gasteiger partial charge in [0.25, 0.3) is 0 Å². The number of aromatic nitrogens is 3. The summed E-state index contributed by atoms with van der Waals surface area (Å²) in [6, 6.07) is 1.01. The molecule has 0 saturated heterocycles. The van der Waals surface area contributed by atoms with E-state index < -0.39 is 0 Å². The van der Waals surface area contributed by atoms with Crippen LogP contribution in [0.5, 0.6) is 18.0 Å². The van der Waals surface area contributed by atoms with Crippen LogP contribution in [-0.2, 0) is 0 Å². The maximum absolute atomic E-state index is 6.09. The maximum Gasteiger partial charge on any atom is 0.325 e. The molecule has 0 spiro atoms. The Morgan fingerprint density at radius 2 is 0.818 bits per heavy atom. The van der Waals surface area contributed by atoms with Crippen LogP contribution >= 0.6 is 0 Å². The van der Waals surface area contributed by atoms with E-state index in [-0.39, 0.29) is 0 Å². The van der Waals surface area contributed by atoms with Crippen LogP contribution in [-0.4, -0.2) is 34.8 Å². The maximum atomic E-state index is 6.09. The zero-order valence-corrected chi connectivity index (χ0v) is 19.1. The fourth-order valence-corrected chi connectivity index (χ4v) is 7.32. The molecule has 6 bridgehead atoms. The first kappa shape index (κ1) is 20.0. The number of ether oxygens (including phenoxy) is 3. The van der Waals surface area contributed by atoms with Gasteiger partial charge in [-0.1, -0.05) is 36.5 Å². The summed E-state index contributed by atoms with van der Waals surface area (Å²) >= 11 is 0. The minimum absolute atomic E-state index is 0.336. The monoisotopic (exact) mass is 447 g/mol. The molecule has 9 unspecified atom stereocenters. The molecule has 0 aliphatic heterocycles. The molecule has 1 heterocycles. The predicted octanol–water partition coefficient (Wildman–Crippen LogP) is 4.64. The van der Waals surface area contributed by atoms with Gasteiger partial charge < -0.3 is 14.2 Å². The Balaban J connectivity index is 1.02. The van der Waals surface area contributed by atoms with Crippen LogP contribution in [0.15, 0.2) is 36.5 Å². The van der Waals surface area contributed by atoms with Crippen LogP contribution in [0.1, 0.15) is 38.5 Å². The molecule has 174 valence electrons. The quantitative estimate of drug-likeness (QED) is 0.514. The van der Waals surface area contributed by atoms with Crippen molar-refractivity contribution in [3.63, 3.8) is 0 Å². The highest BCUT2D eigenvalue weighted by Crippen LogP contribution is 2.45. The van der Waals surface area contributed by atoms with E-state index in [1.54, 1.807) is 0 Å². The van der Waals surface area contributed by atoms with E-state index in [0.717, 1.165) is 17.8 Å². The number of rotatable bonds is 9. The molecule has 6 heteroatoms. The molecule has 6 aliphatic carbocycles. The summed E-state index contributed by atoms with van der Waals surface area (Å²) in [5, 5.41) is 0. The van der Waals surface area contributed by atoms with Gasteiger partial charge in [-0.25, -0.2) is 0 Å². The van der Waals surface area contributed by atoms with E-state index in [1.807, 2.05) is 0 Å². The average molecular weight is 448 g/mol. The molecular formula is C27H33N3O3. The van der Waals surface area contributed by atoms with Gasteiger partial charge in [0.15, 0.2) is 0 Å². The number of nitrogens with zero attached hydrogens (tertiary/aromatic N) is 3. The number of hydrogen-bond acceptors (Lipinski definition) is 6. The lowest BCUT2D eigenvalue weighted by atomic mass is 9.95. The summed E-state index contributed by atoms with van der Waals surface area (Å²) in [6.45, 7) is 1.92. The first-order chi connectivity index (χ1) is 16.2. The molecule has 6 aliphatic rings. The zero-order valence-electron chi connectivity index (χ0n) is 19.1. The Morgan fingerprint density at radius 1 is 0.485 bits per heavy atom. The van der Waals surface area contributed by atoms with Gasteiger partial charge in [-0.3, -0.25) is 0 Å². The third-order valence-corrected chi connectivity index (χ3v) is 9.10. The van der Waals surface area contributed by atoms with E-state index in [9.17, 15) is 0 Å². The van der Waals surface area contributed by atoms with Gasteiger partial charge in [-0.15, -0.1) is 15.0 Å². The fraction of sp³-hybridized carbons (Fsp3) is 0.667. The highest BCUT2D eigenvalue weighted by atomic mass is 16.5. The molecule has 33 heavy (non-hydrogen) atoms. The zero-order chi connectivity index (χ0) is 21.8. The van der Waals surface area contributed by atoms with Crippen LogP contribution in [0, 0.1) is 53.3 Å². The second-order valence-corrected chi connectivity index (χ2v) is 11.2. The molecule has 1 aromatic heterocycles. The van der Waals surface area contributed by atoms with Gasteiger partial charge in [0.05, 0.1) is 19.8 Å². The minimum Gasteiger partial charge on any atom is -0.463 e. The van der Waals surface area contributed by atoms with Crippen molar-refractivity contribution in [3.8, 4) is 18.0 Å². The highest BCUT2D eigenvalue weighted by Gasteiger charge is 2.38. The number of fused-ring (bicyclic) bond motifs is 6. The van der Waals surface area contributed by atoms with Crippen LogP contribution in [0.4, 0.5) is 0 Å². The Morgan fingerprint density at radius 3 is 1.06 bits per heavy atom. The first-order valence-corrected chi connectivity index (χ1v) is 12.9.